The first-order chi connectivity index (χ1) is 8.56. The number of carboxylic acids is 1. The third kappa shape index (κ3) is 2.18. The minimum Gasteiger partial charge on any atom is -0.486 e. The van der Waals surface area contributed by atoms with E-state index in [4.69, 9.17) is 14.6 Å². The first-order valence-electron chi connectivity index (χ1n) is 5.58. The van der Waals surface area contributed by atoms with Gasteiger partial charge in [-0.25, -0.2) is 4.79 Å². The van der Waals surface area contributed by atoms with Crippen molar-refractivity contribution in [1.82, 2.24) is 0 Å². The Morgan fingerprint density at radius 3 is 2.61 bits per heavy atom. The third-order valence-corrected chi connectivity index (χ3v) is 3.38. The maximum Gasteiger partial charge on any atom is 0.337 e. The van der Waals surface area contributed by atoms with Crippen LogP contribution in [0.2, 0.25) is 0 Å². The average molecular weight is 317 g/mol. The summed E-state index contributed by atoms with van der Waals surface area (Å²) in [4.78, 5) is 10.9. The molecule has 0 amide bonds. The fourth-order valence-electron chi connectivity index (χ4n) is 1.98. The maximum absolute atomic E-state index is 10.9. The van der Waals surface area contributed by atoms with Crippen molar-refractivity contribution in [2.24, 2.45) is 0 Å². The molecule has 18 heavy (non-hydrogen) atoms. The van der Waals surface area contributed by atoms with Gasteiger partial charge in [-0.3, -0.25) is 0 Å². The molecule has 1 atom stereocenters. The maximum atomic E-state index is 10.9. The second-order valence-electron chi connectivity index (χ2n) is 3.88. The minimum atomic E-state index is -1.56. The summed E-state index contributed by atoms with van der Waals surface area (Å²) in [5, 5.41) is 18.6. The molecule has 1 heterocycles. The van der Waals surface area contributed by atoms with Crippen LogP contribution in [0.3, 0.4) is 0 Å². The second kappa shape index (κ2) is 5.16. The van der Waals surface area contributed by atoms with Crippen LogP contribution in [0, 0.1) is 0 Å². The predicted molar refractivity (Wildman–Crippen MR) is 67.1 cm³/mol. The van der Waals surface area contributed by atoms with Gasteiger partial charge in [-0.2, -0.15) is 0 Å². The molecule has 5 nitrogen and oxygen atoms in total. The quantitative estimate of drug-likeness (QED) is 0.890. The summed E-state index contributed by atoms with van der Waals surface area (Å²) >= 11 is 3.30. The van der Waals surface area contributed by atoms with Crippen LogP contribution in [0.5, 0.6) is 11.5 Å². The molecule has 1 aromatic carbocycles. The van der Waals surface area contributed by atoms with Crippen molar-refractivity contribution < 1.29 is 24.5 Å². The number of rotatable bonds is 3. The van der Waals surface area contributed by atoms with Gasteiger partial charge in [0.1, 0.15) is 13.2 Å². The molecule has 2 N–H and O–H groups in total. The van der Waals surface area contributed by atoms with Gasteiger partial charge in [-0.05, 0) is 34.0 Å². The normalized spacial score (nSPS) is 15.3. The van der Waals surface area contributed by atoms with E-state index in [1.54, 1.807) is 6.07 Å². The van der Waals surface area contributed by atoms with Gasteiger partial charge in [0.2, 0.25) is 0 Å². The molecule has 1 aliphatic heterocycles. The second-order valence-corrected chi connectivity index (χ2v) is 4.73. The predicted octanol–water partition coefficient (Wildman–Crippen LogP) is 1.90. The average Bonchev–Trinajstić information content (AvgIpc) is 2.37. The van der Waals surface area contributed by atoms with E-state index in [9.17, 15) is 9.90 Å². The standard InChI is InChI=1S/C12H13BrO5/c1-2-6-7(9(14)12(15)16)5-8(13)11-10(6)17-3-4-18-11/h5,9,14H,2-4H2,1H3,(H,15,16). The van der Waals surface area contributed by atoms with Crippen molar-refractivity contribution in [2.75, 3.05) is 13.2 Å². The number of benzene rings is 1. The molecule has 0 saturated carbocycles. The van der Waals surface area contributed by atoms with Crippen LogP contribution < -0.4 is 9.47 Å². The number of aliphatic carboxylic acids is 1. The van der Waals surface area contributed by atoms with Gasteiger partial charge >= 0.3 is 5.97 Å². The highest BCUT2D eigenvalue weighted by atomic mass is 79.9. The lowest BCUT2D eigenvalue weighted by atomic mass is 9.98. The number of hydrogen-bond donors (Lipinski definition) is 2. The molecule has 0 spiro atoms. The van der Waals surface area contributed by atoms with E-state index >= 15 is 0 Å². The van der Waals surface area contributed by atoms with Gasteiger partial charge in [0.25, 0.3) is 0 Å². The molecule has 6 heteroatoms. The zero-order valence-corrected chi connectivity index (χ0v) is 11.4. The Hall–Kier alpha value is -1.27. The van der Waals surface area contributed by atoms with Gasteiger partial charge < -0.3 is 19.7 Å². The van der Waals surface area contributed by atoms with Gasteiger partial charge in [0, 0.05) is 5.56 Å². The zero-order valence-electron chi connectivity index (χ0n) is 9.77. The number of hydrogen-bond acceptors (Lipinski definition) is 4. The Kier molecular flexibility index (Phi) is 3.77. The van der Waals surface area contributed by atoms with Crippen molar-refractivity contribution in [1.29, 1.82) is 0 Å². The van der Waals surface area contributed by atoms with Crippen LogP contribution in [-0.2, 0) is 11.2 Å². The molecule has 0 radical (unpaired) electrons. The largest absolute Gasteiger partial charge is 0.486 e. The highest BCUT2D eigenvalue weighted by Crippen LogP contribution is 2.43. The Balaban J connectivity index is 2.60. The molecule has 0 aliphatic carbocycles. The zero-order chi connectivity index (χ0) is 13.3. The van der Waals surface area contributed by atoms with Gasteiger partial charge in [0.15, 0.2) is 17.6 Å². The summed E-state index contributed by atoms with van der Waals surface area (Å²) in [5.41, 5.74) is 1.00. The van der Waals surface area contributed by atoms with E-state index in [1.165, 1.54) is 0 Å². The number of aliphatic hydroxyl groups excluding tert-OH is 1. The highest BCUT2D eigenvalue weighted by molar-refractivity contribution is 9.10. The SMILES string of the molecule is CCc1c(C(O)C(=O)O)cc(Br)c2c1OCCO2. The van der Waals surface area contributed by atoms with Crippen LogP contribution in [0.1, 0.15) is 24.2 Å². The fraction of sp³-hybridized carbons (Fsp3) is 0.417. The molecule has 0 bridgehead atoms. The minimum absolute atomic E-state index is 0.334. The first-order valence-corrected chi connectivity index (χ1v) is 6.37. The van der Waals surface area contributed by atoms with E-state index in [1.807, 2.05) is 6.92 Å². The first kappa shape index (κ1) is 13.2. The molecule has 0 saturated heterocycles. The lowest BCUT2D eigenvalue weighted by molar-refractivity contribution is -0.147. The topological polar surface area (TPSA) is 76.0 Å². The Bertz CT molecular complexity index is 486. The van der Waals surface area contributed by atoms with Gasteiger partial charge in [-0.15, -0.1) is 0 Å². The molecular formula is C12H13BrO5. The number of ether oxygens (including phenoxy) is 2. The van der Waals surface area contributed by atoms with Crippen LogP contribution >= 0.6 is 15.9 Å². The number of halogens is 1. The summed E-state index contributed by atoms with van der Waals surface area (Å²) in [6.45, 7) is 2.74. The van der Waals surface area contributed by atoms with Crippen molar-refractivity contribution in [3.8, 4) is 11.5 Å². The summed E-state index contributed by atoms with van der Waals surface area (Å²) < 4.78 is 11.6. The molecule has 0 aromatic heterocycles. The van der Waals surface area contributed by atoms with E-state index < -0.39 is 12.1 Å². The van der Waals surface area contributed by atoms with Crippen LogP contribution in [0.25, 0.3) is 0 Å². The van der Waals surface area contributed by atoms with E-state index in [2.05, 4.69) is 15.9 Å². The van der Waals surface area contributed by atoms with Crippen molar-refractivity contribution >= 4 is 21.9 Å². The molecule has 1 aromatic rings. The molecular weight excluding hydrogens is 304 g/mol. The van der Waals surface area contributed by atoms with E-state index in [0.29, 0.717) is 46.7 Å². The summed E-state index contributed by atoms with van der Waals surface area (Å²) in [6.07, 6.45) is -1.01. The smallest absolute Gasteiger partial charge is 0.337 e. The molecule has 2 rings (SSSR count). The highest BCUT2D eigenvalue weighted by Gasteiger charge is 2.27. The Morgan fingerprint density at radius 2 is 2.06 bits per heavy atom. The lowest BCUT2D eigenvalue weighted by Crippen LogP contribution is -2.20. The van der Waals surface area contributed by atoms with Gasteiger partial charge in [-0.1, -0.05) is 6.92 Å². The monoisotopic (exact) mass is 316 g/mol. The Labute approximate surface area is 112 Å². The molecule has 0 fully saturated rings. The molecule has 1 aliphatic rings. The summed E-state index contributed by atoms with van der Waals surface area (Å²) in [5.74, 6) is -0.193. The molecule has 98 valence electrons. The van der Waals surface area contributed by atoms with Crippen molar-refractivity contribution in [3.05, 3.63) is 21.7 Å². The van der Waals surface area contributed by atoms with Crippen LogP contribution in [-0.4, -0.2) is 29.4 Å². The van der Waals surface area contributed by atoms with E-state index in [0.717, 1.165) is 0 Å². The summed E-state index contributed by atoms with van der Waals surface area (Å²) in [6, 6.07) is 1.57. The lowest BCUT2D eigenvalue weighted by Gasteiger charge is -2.24. The van der Waals surface area contributed by atoms with Gasteiger partial charge in [0.05, 0.1) is 4.47 Å². The van der Waals surface area contributed by atoms with Crippen molar-refractivity contribution in [2.45, 2.75) is 19.4 Å². The number of carboxylic acid groups (broad SMARTS) is 1. The van der Waals surface area contributed by atoms with Crippen LogP contribution in [0.4, 0.5) is 0 Å². The van der Waals surface area contributed by atoms with Crippen LogP contribution in [0.15, 0.2) is 10.5 Å². The fourth-order valence-corrected chi connectivity index (χ4v) is 2.52. The number of aliphatic hydroxyl groups is 1. The molecule has 1 unspecified atom stereocenters. The Morgan fingerprint density at radius 1 is 1.44 bits per heavy atom. The van der Waals surface area contributed by atoms with E-state index in [-0.39, 0.29) is 0 Å². The summed E-state index contributed by atoms with van der Waals surface area (Å²) in [7, 11) is 0. The number of fused-ring (bicyclic) bond motifs is 1. The van der Waals surface area contributed by atoms with Crippen molar-refractivity contribution in [3.63, 3.8) is 0 Å². The number of carbonyl (C=O) groups is 1. The third-order valence-electron chi connectivity index (χ3n) is 2.79.